The fourth-order valence-electron chi connectivity index (χ4n) is 2.96. The fraction of sp³-hybridized carbons (Fsp3) is 0.381. The summed E-state index contributed by atoms with van der Waals surface area (Å²) in [5.41, 5.74) is 2.10. The van der Waals surface area contributed by atoms with Crippen molar-refractivity contribution in [3.8, 4) is 11.5 Å². The number of hydrogen-bond donors (Lipinski definition) is 0. The molecule has 0 heterocycles. The molecule has 0 radical (unpaired) electrons. The van der Waals surface area contributed by atoms with Crippen molar-refractivity contribution in [2.45, 2.75) is 31.2 Å². The summed E-state index contributed by atoms with van der Waals surface area (Å²) in [6.07, 6.45) is 2.13. The first-order chi connectivity index (χ1) is 13.1. The Hall–Kier alpha value is -1.85. The van der Waals surface area contributed by atoms with Crippen LogP contribution in [-0.4, -0.2) is 36.8 Å². The average Bonchev–Trinajstić information content (AvgIpc) is 3.51. The third-order valence-electron chi connectivity index (χ3n) is 4.52. The minimum Gasteiger partial charge on any atom is -0.497 e. The third kappa shape index (κ3) is 5.56. The molecule has 1 fully saturated rings. The number of amides is 1. The molecule has 0 aromatic heterocycles. The van der Waals surface area contributed by atoms with Crippen molar-refractivity contribution in [2.75, 3.05) is 20.0 Å². The van der Waals surface area contributed by atoms with Gasteiger partial charge in [0.1, 0.15) is 11.5 Å². The zero-order chi connectivity index (χ0) is 19.2. The number of benzene rings is 2. The van der Waals surface area contributed by atoms with Crippen LogP contribution in [0.3, 0.4) is 0 Å². The first kappa shape index (κ1) is 19.9. The van der Waals surface area contributed by atoms with Gasteiger partial charge in [-0.05, 0) is 48.7 Å². The molecule has 0 bridgehead atoms. The van der Waals surface area contributed by atoms with E-state index in [4.69, 9.17) is 21.1 Å². The number of rotatable bonds is 9. The van der Waals surface area contributed by atoms with E-state index in [1.165, 1.54) is 0 Å². The topological polar surface area (TPSA) is 38.8 Å². The number of ether oxygens (including phenoxy) is 2. The number of carbonyl (C=O) groups excluding carboxylic acids is 1. The molecule has 3 rings (SSSR count). The Morgan fingerprint density at radius 3 is 2.67 bits per heavy atom. The molecule has 4 nitrogen and oxygen atoms in total. The van der Waals surface area contributed by atoms with Gasteiger partial charge in [0, 0.05) is 28.9 Å². The van der Waals surface area contributed by atoms with Crippen LogP contribution in [0.15, 0.2) is 42.5 Å². The van der Waals surface area contributed by atoms with E-state index < -0.39 is 0 Å². The maximum absolute atomic E-state index is 12.8. The number of halogens is 1. The fourth-order valence-corrected chi connectivity index (χ4v) is 4.03. The molecule has 0 unspecified atom stereocenters. The van der Waals surface area contributed by atoms with Gasteiger partial charge in [-0.15, -0.1) is 11.8 Å². The predicted molar refractivity (Wildman–Crippen MR) is 111 cm³/mol. The molecule has 1 saturated carbocycles. The lowest BCUT2D eigenvalue weighted by Gasteiger charge is -2.24. The van der Waals surface area contributed by atoms with E-state index in [9.17, 15) is 4.79 Å². The summed E-state index contributed by atoms with van der Waals surface area (Å²) in [4.78, 5) is 14.8. The third-order valence-corrected chi connectivity index (χ3v) is 5.74. The van der Waals surface area contributed by atoms with Crippen molar-refractivity contribution in [3.63, 3.8) is 0 Å². The monoisotopic (exact) mass is 405 g/mol. The van der Waals surface area contributed by atoms with Crippen LogP contribution in [0.1, 0.15) is 24.0 Å². The lowest BCUT2D eigenvalue weighted by Crippen LogP contribution is -2.34. The van der Waals surface area contributed by atoms with Gasteiger partial charge in [-0.25, -0.2) is 0 Å². The Kier molecular flexibility index (Phi) is 6.91. The molecule has 1 amide bonds. The first-order valence-electron chi connectivity index (χ1n) is 8.93. The summed E-state index contributed by atoms with van der Waals surface area (Å²) < 4.78 is 10.8. The Morgan fingerprint density at radius 2 is 2.00 bits per heavy atom. The summed E-state index contributed by atoms with van der Waals surface area (Å²) >= 11 is 7.64. The lowest BCUT2D eigenvalue weighted by atomic mass is 10.1. The Bertz CT molecular complexity index is 795. The largest absolute Gasteiger partial charge is 0.497 e. The summed E-state index contributed by atoms with van der Waals surface area (Å²) in [5.74, 6) is 2.93. The number of hydrogen-bond acceptors (Lipinski definition) is 4. The van der Waals surface area contributed by atoms with Gasteiger partial charge < -0.3 is 14.4 Å². The summed E-state index contributed by atoms with van der Waals surface area (Å²) in [6, 6.07) is 13.8. The number of thioether (sulfide) groups is 1. The number of methoxy groups -OCH3 is 2. The highest BCUT2D eigenvalue weighted by molar-refractivity contribution is 7.99. The average molecular weight is 406 g/mol. The molecule has 144 valence electrons. The molecule has 0 saturated heterocycles. The van der Waals surface area contributed by atoms with Crippen molar-refractivity contribution in [2.24, 2.45) is 0 Å². The molecule has 0 atom stereocenters. The minimum absolute atomic E-state index is 0.161. The first-order valence-corrected chi connectivity index (χ1v) is 10.5. The van der Waals surface area contributed by atoms with Crippen LogP contribution in [0.25, 0.3) is 0 Å². The Balaban J connectivity index is 1.62. The van der Waals surface area contributed by atoms with Gasteiger partial charge >= 0.3 is 0 Å². The maximum atomic E-state index is 12.8. The van der Waals surface area contributed by atoms with Crippen molar-refractivity contribution < 1.29 is 14.3 Å². The molecule has 0 spiro atoms. The van der Waals surface area contributed by atoms with Crippen LogP contribution in [0.2, 0.25) is 5.02 Å². The Morgan fingerprint density at radius 1 is 1.19 bits per heavy atom. The van der Waals surface area contributed by atoms with E-state index in [0.717, 1.165) is 46.2 Å². The quantitative estimate of drug-likeness (QED) is 0.601. The number of nitrogens with zero attached hydrogens (tertiary/aromatic N) is 1. The second kappa shape index (κ2) is 9.38. The molecule has 0 aliphatic heterocycles. The van der Waals surface area contributed by atoms with Crippen LogP contribution in [-0.2, 0) is 17.1 Å². The van der Waals surface area contributed by atoms with Crippen molar-refractivity contribution >= 4 is 29.3 Å². The zero-order valence-electron chi connectivity index (χ0n) is 15.6. The Labute approximate surface area is 169 Å². The van der Waals surface area contributed by atoms with Crippen LogP contribution in [0, 0.1) is 0 Å². The molecule has 2 aromatic carbocycles. The van der Waals surface area contributed by atoms with Gasteiger partial charge in [-0.3, -0.25) is 4.79 Å². The van der Waals surface area contributed by atoms with E-state index in [0.29, 0.717) is 18.3 Å². The number of carbonyl (C=O) groups is 1. The zero-order valence-corrected chi connectivity index (χ0v) is 17.2. The standard InChI is InChI=1S/C21H24ClNO3S/c1-25-19-8-9-20(26-2)16(11-19)12-23(18-6-7-18)21(24)14-27-13-15-4-3-5-17(22)10-15/h3-5,8-11,18H,6-7,12-14H2,1-2H3. The van der Waals surface area contributed by atoms with E-state index >= 15 is 0 Å². The second-order valence-electron chi connectivity index (χ2n) is 6.55. The van der Waals surface area contributed by atoms with Crippen LogP contribution >= 0.6 is 23.4 Å². The summed E-state index contributed by atoms with van der Waals surface area (Å²) in [7, 11) is 3.29. The van der Waals surface area contributed by atoms with Crippen molar-refractivity contribution in [1.82, 2.24) is 4.90 Å². The van der Waals surface area contributed by atoms with Crippen molar-refractivity contribution in [1.29, 1.82) is 0 Å². The van der Waals surface area contributed by atoms with Gasteiger partial charge in [-0.2, -0.15) is 0 Å². The van der Waals surface area contributed by atoms with Crippen LogP contribution < -0.4 is 9.47 Å². The highest BCUT2D eigenvalue weighted by atomic mass is 35.5. The summed E-state index contributed by atoms with van der Waals surface area (Å²) in [6.45, 7) is 0.543. The minimum atomic E-state index is 0.161. The van der Waals surface area contributed by atoms with Gasteiger partial charge in [0.25, 0.3) is 0 Å². The van der Waals surface area contributed by atoms with Crippen molar-refractivity contribution in [3.05, 3.63) is 58.6 Å². The molecule has 1 aliphatic carbocycles. The molecular weight excluding hydrogens is 382 g/mol. The smallest absolute Gasteiger partial charge is 0.233 e. The second-order valence-corrected chi connectivity index (χ2v) is 7.98. The van der Waals surface area contributed by atoms with Crippen LogP contribution in [0.4, 0.5) is 0 Å². The summed E-state index contributed by atoms with van der Waals surface area (Å²) in [5, 5.41) is 0.726. The highest BCUT2D eigenvalue weighted by Crippen LogP contribution is 2.32. The highest BCUT2D eigenvalue weighted by Gasteiger charge is 2.32. The molecule has 6 heteroatoms. The molecule has 2 aromatic rings. The van der Waals surface area contributed by atoms with E-state index in [-0.39, 0.29) is 5.91 Å². The lowest BCUT2D eigenvalue weighted by molar-refractivity contribution is -0.129. The molecular formula is C21H24ClNO3S. The van der Waals surface area contributed by atoms with Crippen LogP contribution in [0.5, 0.6) is 11.5 Å². The molecule has 1 aliphatic rings. The molecule has 27 heavy (non-hydrogen) atoms. The van der Waals surface area contributed by atoms with E-state index in [1.807, 2.05) is 47.4 Å². The van der Waals surface area contributed by atoms with Gasteiger partial charge in [0.2, 0.25) is 5.91 Å². The van der Waals surface area contributed by atoms with Gasteiger partial charge in [0.05, 0.1) is 20.0 Å². The molecule has 0 N–H and O–H groups in total. The normalized spacial score (nSPS) is 13.3. The van der Waals surface area contributed by atoms with E-state index in [2.05, 4.69) is 0 Å². The predicted octanol–water partition coefficient (Wildman–Crippen LogP) is 4.78. The van der Waals surface area contributed by atoms with E-state index in [1.54, 1.807) is 26.0 Å². The maximum Gasteiger partial charge on any atom is 0.233 e. The van der Waals surface area contributed by atoms with Gasteiger partial charge in [-0.1, -0.05) is 23.7 Å². The SMILES string of the molecule is COc1ccc(OC)c(CN(C(=O)CSCc2cccc(Cl)c2)C2CC2)c1. The van der Waals surface area contributed by atoms with Gasteiger partial charge in [0.15, 0.2) is 0 Å².